The molecule has 3 rings (SSSR count). The van der Waals surface area contributed by atoms with Crippen LogP contribution in [0.3, 0.4) is 0 Å². The van der Waals surface area contributed by atoms with Crippen LogP contribution in [-0.2, 0) is 19.2 Å². The molecule has 1 aromatic carbocycles. The van der Waals surface area contributed by atoms with Gasteiger partial charge in [-0.3, -0.25) is 4.79 Å². The van der Waals surface area contributed by atoms with Crippen LogP contribution >= 0.6 is 23.1 Å². The number of hydrogen-bond donors (Lipinski definition) is 0. The Kier molecular flexibility index (Phi) is 5.63. The summed E-state index contributed by atoms with van der Waals surface area (Å²) >= 11 is 3.41. The van der Waals surface area contributed by atoms with Crippen LogP contribution in [0.2, 0.25) is 0 Å². The Labute approximate surface area is 162 Å². The number of rotatable bonds is 6. The van der Waals surface area contributed by atoms with Gasteiger partial charge in [-0.05, 0) is 61.4 Å². The van der Waals surface area contributed by atoms with E-state index in [9.17, 15) is 4.79 Å². The van der Waals surface area contributed by atoms with Crippen molar-refractivity contribution in [3.8, 4) is 0 Å². The fourth-order valence-electron chi connectivity index (χ4n) is 3.32. The average molecular weight is 386 g/mol. The highest BCUT2D eigenvalue weighted by Gasteiger charge is 2.16. The number of hydrogen-bond acceptors (Lipinski definition) is 5. The minimum absolute atomic E-state index is 0.128. The first-order chi connectivity index (χ1) is 12.4. The number of ketones is 1. The molecular weight excluding hydrogens is 362 g/mol. The van der Waals surface area contributed by atoms with Crippen LogP contribution in [0.25, 0.3) is 0 Å². The van der Waals surface area contributed by atoms with Crippen LogP contribution in [0, 0.1) is 20.8 Å². The second kappa shape index (κ2) is 7.76. The summed E-state index contributed by atoms with van der Waals surface area (Å²) in [6.45, 7) is 7.80. The SMILES string of the molecule is CC(=O)c1c(C)cc(C)c(CSc2nnc(Cc3cccs3)n2C)c1C. The van der Waals surface area contributed by atoms with Gasteiger partial charge in [0.1, 0.15) is 5.82 Å². The fourth-order valence-corrected chi connectivity index (χ4v) is 5.14. The van der Waals surface area contributed by atoms with Crippen molar-refractivity contribution in [2.24, 2.45) is 7.05 Å². The zero-order valence-corrected chi connectivity index (χ0v) is 17.4. The van der Waals surface area contributed by atoms with Gasteiger partial charge in [0, 0.05) is 29.7 Å². The van der Waals surface area contributed by atoms with Crippen LogP contribution in [-0.4, -0.2) is 20.5 Å². The molecule has 2 aromatic heterocycles. The molecular formula is C20H23N3OS2. The van der Waals surface area contributed by atoms with Crippen LogP contribution in [0.4, 0.5) is 0 Å². The van der Waals surface area contributed by atoms with Crippen molar-refractivity contribution in [3.05, 3.63) is 62.1 Å². The molecule has 4 nitrogen and oxygen atoms in total. The smallest absolute Gasteiger partial charge is 0.191 e. The fraction of sp³-hybridized carbons (Fsp3) is 0.350. The molecule has 0 unspecified atom stereocenters. The van der Waals surface area contributed by atoms with E-state index in [0.717, 1.165) is 39.8 Å². The highest BCUT2D eigenvalue weighted by atomic mass is 32.2. The van der Waals surface area contributed by atoms with E-state index in [1.807, 2.05) is 20.9 Å². The zero-order chi connectivity index (χ0) is 18.8. The van der Waals surface area contributed by atoms with Crippen LogP contribution in [0.15, 0.2) is 28.7 Å². The number of carbonyl (C=O) groups is 1. The molecule has 0 N–H and O–H groups in total. The average Bonchev–Trinajstić information content (AvgIpc) is 3.18. The van der Waals surface area contributed by atoms with Crippen LogP contribution in [0.1, 0.15) is 50.2 Å². The standard InChI is InChI=1S/C20H23N3OS2/c1-12-9-13(2)19(15(4)24)14(3)17(12)11-26-20-22-21-18(23(20)5)10-16-7-6-8-25-16/h6-9H,10-11H2,1-5H3. The predicted molar refractivity (Wildman–Crippen MR) is 108 cm³/mol. The Morgan fingerprint density at radius 3 is 2.65 bits per heavy atom. The highest BCUT2D eigenvalue weighted by Crippen LogP contribution is 2.29. The van der Waals surface area contributed by atoms with Gasteiger partial charge in [-0.1, -0.05) is 23.9 Å². The molecule has 0 aliphatic carbocycles. The summed E-state index contributed by atoms with van der Waals surface area (Å²) in [5.74, 6) is 1.88. The minimum Gasteiger partial charge on any atom is -0.309 e. The lowest BCUT2D eigenvalue weighted by molar-refractivity contribution is 0.101. The van der Waals surface area contributed by atoms with Crippen molar-refractivity contribution in [2.45, 2.75) is 45.0 Å². The molecule has 0 aliphatic rings. The van der Waals surface area contributed by atoms with E-state index in [1.165, 1.54) is 16.0 Å². The number of Topliss-reactive ketones (excluding diaryl/α,β-unsaturated/α-hetero) is 1. The first-order valence-electron chi connectivity index (χ1n) is 8.52. The molecule has 0 radical (unpaired) electrons. The van der Waals surface area contributed by atoms with Gasteiger partial charge >= 0.3 is 0 Å². The summed E-state index contributed by atoms with van der Waals surface area (Å²) < 4.78 is 2.06. The third-order valence-electron chi connectivity index (χ3n) is 4.67. The molecule has 0 fully saturated rings. The largest absolute Gasteiger partial charge is 0.309 e. The summed E-state index contributed by atoms with van der Waals surface area (Å²) in [4.78, 5) is 13.3. The van der Waals surface area contributed by atoms with E-state index in [0.29, 0.717) is 0 Å². The lowest BCUT2D eigenvalue weighted by Gasteiger charge is -2.15. The van der Waals surface area contributed by atoms with Crippen molar-refractivity contribution < 1.29 is 4.79 Å². The van der Waals surface area contributed by atoms with Crippen molar-refractivity contribution >= 4 is 28.9 Å². The van der Waals surface area contributed by atoms with Crippen molar-refractivity contribution in [3.63, 3.8) is 0 Å². The van der Waals surface area contributed by atoms with E-state index < -0.39 is 0 Å². The number of nitrogens with zero attached hydrogens (tertiary/aromatic N) is 3. The monoisotopic (exact) mass is 385 g/mol. The number of thioether (sulfide) groups is 1. The van der Waals surface area contributed by atoms with Crippen LogP contribution in [0.5, 0.6) is 0 Å². The molecule has 0 amide bonds. The van der Waals surface area contributed by atoms with Gasteiger partial charge in [-0.2, -0.15) is 0 Å². The maximum absolute atomic E-state index is 12.0. The van der Waals surface area contributed by atoms with E-state index in [4.69, 9.17) is 0 Å². The topological polar surface area (TPSA) is 47.8 Å². The summed E-state index contributed by atoms with van der Waals surface area (Å²) in [5, 5.41) is 11.7. The van der Waals surface area contributed by atoms with E-state index >= 15 is 0 Å². The highest BCUT2D eigenvalue weighted by molar-refractivity contribution is 7.98. The number of aromatic nitrogens is 3. The minimum atomic E-state index is 0.128. The van der Waals surface area contributed by atoms with Gasteiger partial charge in [-0.15, -0.1) is 21.5 Å². The molecule has 0 saturated heterocycles. The molecule has 6 heteroatoms. The molecule has 0 saturated carbocycles. The lowest BCUT2D eigenvalue weighted by atomic mass is 9.92. The summed E-state index contributed by atoms with van der Waals surface area (Å²) in [6, 6.07) is 6.29. The Hall–Kier alpha value is -1.92. The summed E-state index contributed by atoms with van der Waals surface area (Å²) in [5.41, 5.74) is 5.43. The summed E-state index contributed by atoms with van der Waals surface area (Å²) in [6.07, 6.45) is 0.804. The maximum Gasteiger partial charge on any atom is 0.191 e. The van der Waals surface area contributed by atoms with Gasteiger partial charge < -0.3 is 4.57 Å². The van der Waals surface area contributed by atoms with Crippen molar-refractivity contribution in [1.82, 2.24) is 14.8 Å². The van der Waals surface area contributed by atoms with Gasteiger partial charge in [0.05, 0.1) is 0 Å². The molecule has 0 spiro atoms. The lowest BCUT2D eigenvalue weighted by Crippen LogP contribution is -2.05. The Balaban J connectivity index is 1.81. The van der Waals surface area contributed by atoms with E-state index in [1.54, 1.807) is 30.0 Å². The first-order valence-corrected chi connectivity index (χ1v) is 10.4. The van der Waals surface area contributed by atoms with Crippen molar-refractivity contribution in [1.29, 1.82) is 0 Å². The number of carbonyl (C=O) groups excluding carboxylic acids is 1. The zero-order valence-electron chi connectivity index (χ0n) is 15.8. The molecule has 26 heavy (non-hydrogen) atoms. The van der Waals surface area contributed by atoms with Crippen molar-refractivity contribution in [2.75, 3.05) is 0 Å². The Morgan fingerprint density at radius 2 is 2.00 bits per heavy atom. The van der Waals surface area contributed by atoms with Gasteiger partial charge in [0.25, 0.3) is 0 Å². The third-order valence-corrected chi connectivity index (χ3v) is 6.59. The van der Waals surface area contributed by atoms with Crippen LogP contribution < -0.4 is 0 Å². The third kappa shape index (κ3) is 3.76. The summed E-state index contributed by atoms with van der Waals surface area (Å²) in [7, 11) is 2.02. The van der Waals surface area contributed by atoms with Gasteiger partial charge in [0.2, 0.25) is 0 Å². The van der Waals surface area contributed by atoms with Gasteiger partial charge in [0.15, 0.2) is 10.9 Å². The Bertz CT molecular complexity index is 943. The molecule has 136 valence electrons. The molecule has 0 atom stereocenters. The Morgan fingerprint density at radius 1 is 1.23 bits per heavy atom. The second-order valence-electron chi connectivity index (χ2n) is 6.55. The number of aryl methyl sites for hydroxylation is 2. The maximum atomic E-state index is 12.0. The molecule has 0 bridgehead atoms. The predicted octanol–water partition coefficient (Wildman–Crippen LogP) is 4.89. The molecule has 0 aliphatic heterocycles. The first kappa shape index (κ1) is 18.9. The molecule has 3 aromatic rings. The van der Waals surface area contributed by atoms with Gasteiger partial charge in [-0.25, -0.2) is 0 Å². The molecule has 2 heterocycles. The normalized spacial score (nSPS) is 11.1. The van der Waals surface area contributed by atoms with E-state index in [2.05, 4.69) is 45.3 Å². The van der Waals surface area contributed by atoms with E-state index in [-0.39, 0.29) is 5.78 Å². The second-order valence-corrected chi connectivity index (χ2v) is 8.52. The quantitative estimate of drug-likeness (QED) is 0.448. The number of benzene rings is 1. The number of thiophene rings is 1.